The molecular weight excluding hydrogens is 462 g/mol. The molecule has 0 saturated carbocycles. The Bertz CT molecular complexity index is 1050. The minimum atomic E-state index is -3.85. The number of amides is 1. The molecule has 0 aromatic heterocycles. The maximum absolute atomic E-state index is 12.5. The molecule has 2 N–H and O–H groups in total. The van der Waals surface area contributed by atoms with Crippen molar-refractivity contribution in [2.45, 2.75) is 24.3 Å². The predicted octanol–water partition coefficient (Wildman–Crippen LogP) is 2.34. The van der Waals surface area contributed by atoms with Crippen LogP contribution >= 0.6 is 0 Å². The standard InChI is InChI=1S/C21H26F2N2O7S/c1-29-16-7-5-15(13-18(16)31-3)33(27,28)25-11-9-20(26)24-10-8-14-4-6-17(30-2)19(12-14)32-21(22)23/h4-7,12-13,21,25H,8-11H2,1-3H3,(H,24,26). The van der Waals surface area contributed by atoms with Gasteiger partial charge >= 0.3 is 6.61 Å². The number of ether oxygens (including phenoxy) is 4. The van der Waals surface area contributed by atoms with Gasteiger partial charge in [0.15, 0.2) is 23.0 Å². The molecule has 0 aliphatic rings. The van der Waals surface area contributed by atoms with Crippen molar-refractivity contribution in [1.82, 2.24) is 10.0 Å². The van der Waals surface area contributed by atoms with Gasteiger partial charge in [0, 0.05) is 25.6 Å². The van der Waals surface area contributed by atoms with E-state index in [4.69, 9.17) is 14.2 Å². The predicted molar refractivity (Wildman–Crippen MR) is 116 cm³/mol. The van der Waals surface area contributed by atoms with E-state index in [0.29, 0.717) is 17.7 Å². The largest absolute Gasteiger partial charge is 0.493 e. The quantitative estimate of drug-likeness (QED) is 0.445. The zero-order chi connectivity index (χ0) is 24.4. The fourth-order valence-corrected chi connectivity index (χ4v) is 3.91. The summed E-state index contributed by atoms with van der Waals surface area (Å²) in [6.07, 6.45) is 0.265. The molecule has 1 amide bonds. The minimum absolute atomic E-state index is 0.0260. The fraction of sp³-hybridized carbons (Fsp3) is 0.381. The molecular formula is C21H26F2N2O7S. The average Bonchev–Trinajstić information content (AvgIpc) is 2.78. The number of carbonyl (C=O) groups excluding carboxylic acids is 1. The number of hydrogen-bond donors (Lipinski definition) is 2. The molecule has 0 bridgehead atoms. The van der Waals surface area contributed by atoms with Crippen LogP contribution in [0.5, 0.6) is 23.0 Å². The smallest absolute Gasteiger partial charge is 0.387 e. The Labute approximate surface area is 191 Å². The van der Waals surface area contributed by atoms with Gasteiger partial charge in [-0.3, -0.25) is 4.79 Å². The highest BCUT2D eigenvalue weighted by molar-refractivity contribution is 7.89. The van der Waals surface area contributed by atoms with Crippen LogP contribution in [0.25, 0.3) is 0 Å². The number of benzene rings is 2. The second-order valence-electron chi connectivity index (χ2n) is 6.63. The number of alkyl halides is 2. The molecule has 0 fully saturated rings. The fourth-order valence-electron chi connectivity index (χ4n) is 2.87. The van der Waals surface area contributed by atoms with Gasteiger partial charge in [0.25, 0.3) is 0 Å². The Hall–Kier alpha value is -3.12. The second-order valence-corrected chi connectivity index (χ2v) is 8.40. The summed E-state index contributed by atoms with van der Waals surface area (Å²) in [4.78, 5) is 12.0. The lowest BCUT2D eigenvalue weighted by atomic mass is 10.1. The van der Waals surface area contributed by atoms with Gasteiger partial charge in [0.05, 0.1) is 26.2 Å². The van der Waals surface area contributed by atoms with Gasteiger partial charge in [-0.05, 0) is 36.2 Å². The molecule has 2 rings (SSSR count). The lowest BCUT2D eigenvalue weighted by Gasteiger charge is -2.12. The summed E-state index contributed by atoms with van der Waals surface area (Å²) in [5, 5.41) is 2.65. The Balaban J connectivity index is 1.83. The van der Waals surface area contributed by atoms with Crippen LogP contribution < -0.4 is 29.0 Å². The summed E-state index contributed by atoms with van der Waals surface area (Å²) in [6, 6.07) is 8.73. The third kappa shape index (κ3) is 7.75. The highest BCUT2D eigenvalue weighted by atomic mass is 32.2. The first-order chi connectivity index (χ1) is 15.7. The van der Waals surface area contributed by atoms with E-state index < -0.39 is 16.6 Å². The van der Waals surface area contributed by atoms with Crippen LogP contribution in [0, 0.1) is 0 Å². The average molecular weight is 489 g/mol. The highest BCUT2D eigenvalue weighted by Gasteiger charge is 2.17. The maximum atomic E-state index is 12.5. The number of methoxy groups -OCH3 is 3. The third-order valence-corrected chi connectivity index (χ3v) is 5.95. The Morgan fingerprint density at radius 3 is 2.18 bits per heavy atom. The first-order valence-corrected chi connectivity index (χ1v) is 11.3. The number of sulfonamides is 1. The van der Waals surface area contributed by atoms with Crippen LogP contribution in [-0.4, -0.2) is 55.4 Å². The molecule has 0 heterocycles. The van der Waals surface area contributed by atoms with Crippen LogP contribution in [0.3, 0.4) is 0 Å². The van der Waals surface area contributed by atoms with Crippen LogP contribution in [0.15, 0.2) is 41.3 Å². The molecule has 0 aliphatic carbocycles. The zero-order valence-electron chi connectivity index (χ0n) is 18.4. The molecule has 33 heavy (non-hydrogen) atoms. The monoisotopic (exact) mass is 488 g/mol. The van der Waals surface area contributed by atoms with Gasteiger partial charge in [0.1, 0.15) is 0 Å². The molecule has 0 aliphatic heterocycles. The van der Waals surface area contributed by atoms with Crippen LogP contribution in [0.2, 0.25) is 0 Å². The van der Waals surface area contributed by atoms with Gasteiger partial charge in [-0.15, -0.1) is 0 Å². The Morgan fingerprint density at radius 1 is 0.909 bits per heavy atom. The summed E-state index contributed by atoms with van der Waals surface area (Å²) in [5.41, 5.74) is 0.654. The lowest BCUT2D eigenvalue weighted by Crippen LogP contribution is -2.31. The minimum Gasteiger partial charge on any atom is -0.493 e. The molecule has 9 nitrogen and oxygen atoms in total. The molecule has 12 heteroatoms. The van der Waals surface area contributed by atoms with E-state index >= 15 is 0 Å². The summed E-state index contributed by atoms with van der Waals surface area (Å²) in [5.74, 6) is 0.354. The maximum Gasteiger partial charge on any atom is 0.387 e. The van der Waals surface area contributed by atoms with Gasteiger partial charge < -0.3 is 24.3 Å². The van der Waals surface area contributed by atoms with E-state index in [1.807, 2.05) is 0 Å². The van der Waals surface area contributed by atoms with Crippen molar-refractivity contribution in [3.63, 3.8) is 0 Å². The van der Waals surface area contributed by atoms with Gasteiger partial charge in [-0.1, -0.05) is 6.07 Å². The first kappa shape index (κ1) is 26.1. The Morgan fingerprint density at radius 2 is 1.55 bits per heavy atom. The summed E-state index contributed by atoms with van der Waals surface area (Å²) < 4.78 is 71.8. The van der Waals surface area contributed by atoms with Crippen LogP contribution in [-0.2, 0) is 21.2 Å². The number of hydrogen-bond acceptors (Lipinski definition) is 7. The van der Waals surface area contributed by atoms with Crippen molar-refractivity contribution in [1.29, 1.82) is 0 Å². The summed E-state index contributed by atoms with van der Waals surface area (Å²) in [7, 11) is 0.321. The number of nitrogens with one attached hydrogen (secondary N) is 2. The van der Waals surface area contributed by atoms with Crippen molar-refractivity contribution in [2.24, 2.45) is 0 Å². The molecule has 0 radical (unpaired) electrons. The van der Waals surface area contributed by atoms with Gasteiger partial charge in [0.2, 0.25) is 15.9 Å². The molecule has 0 unspecified atom stereocenters. The van der Waals surface area contributed by atoms with Gasteiger partial charge in [-0.25, -0.2) is 13.1 Å². The number of halogens is 2. The Kier molecular flexibility index (Phi) is 9.67. The van der Waals surface area contributed by atoms with E-state index in [1.165, 1.54) is 51.7 Å². The van der Waals surface area contributed by atoms with Crippen molar-refractivity contribution in [3.8, 4) is 23.0 Å². The van der Waals surface area contributed by atoms with Crippen molar-refractivity contribution >= 4 is 15.9 Å². The molecule has 0 saturated heterocycles. The second kappa shape index (κ2) is 12.2. The third-order valence-electron chi connectivity index (χ3n) is 4.49. The van der Waals surface area contributed by atoms with Gasteiger partial charge in [-0.2, -0.15) is 8.78 Å². The van der Waals surface area contributed by atoms with Crippen LogP contribution in [0.4, 0.5) is 8.78 Å². The van der Waals surface area contributed by atoms with E-state index in [2.05, 4.69) is 14.8 Å². The molecule has 182 valence electrons. The molecule has 2 aromatic rings. The molecule has 2 aromatic carbocycles. The molecule has 0 spiro atoms. The van der Waals surface area contributed by atoms with E-state index in [9.17, 15) is 22.0 Å². The SMILES string of the molecule is COc1ccc(S(=O)(=O)NCCC(=O)NCCc2ccc(OC)c(OC(F)F)c2)cc1OC. The van der Waals surface area contributed by atoms with E-state index in [-0.39, 0.29) is 47.6 Å². The highest BCUT2D eigenvalue weighted by Crippen LogP contribution is 2.30. The van der Waals surface area contributed by atoms with Crippen molar-refractivity contribution in [3.05, 3.63) is 42.0 Å². The van der Waals surface area contributed by atoms with E-state index in [0.717, 1.165) is 0 Å². The lowest BCUT2D eigenvalue weighted by molar-refractivity contribution is -0.120. The number of rotatable bonds is 13. The van der Waals surface area contributed by atoms with Crippen molar-refractivity contribution in [2.75, 3.05) is 34.4 Å². The van der Waals surface area contributed by atoms with Crippen LogP contribution in [0.1, 0.15) is 12.0 Å². The topological polar surface area (TPSA) is 112 Å². The number of carbonyl (C=O) groups is 1. The first-order valence-electron chi connectivity index (χ1n) is 9.80. The van der Waals surface area contributed by atoms with E-state index in [1.54, 1.807) is 6.07 Å². The normalized spacial score (nSPS) is 11.2. The zero-order valence-corrected chi connectivity index (χ0v) is 19.2. The molecule has 0 atom stereocenters. The van der Waals surface area contributed by atoms with Crippen molar-refractivity contribution < 1.29 is 40.9 Å². The summed E-state index contributed by atoms with van der Waals surface area (Å²) >= 11 is 0. The summed E-state index contributed by atoms with van der Waals surface area (Å²) in [6.45, 7) is -2.88.